The Bertz CT molecular complexity index is 250. The molecule has 0 fully saturated rings. The Kier molecular flexibility index (Phi) is 4.35. The van der Waals surface area contributed by atoms with Gasteiger partial charge in [0.2, 0.25) is 0 Å². The molecule has 13 heavy (non-hydrogen) atoms. The third-order valence-electron chi connectivity index (χ3n) is 1.79. The van der Waals surface area contributed by atoms with Crippen LogP contribution in [0.25, 0.3) is 0 Å². The van der Waals surface area contributed by atoms with Crippen LogP contribution in [0.15, 0.2) is 6.20 Å². The first-order valence-electron chi connectivity index (χ1n) is 4.58. The zero-order valence-electron chi connectivity index (χ0n) is 8.12. The van der Waals surface area contributed by atoms with Crippen LogP contribution in [0.5, 0.6) is 0 Å². The van der Waals surface area contributed by atoms with Crippen LogP contribution < -0.4 is 5.73 Å². The summed E-state index contributed by atoms with van der Waals surface area (Å²) in [5.74, 6) is 0. The van der Waals surface area contributed by atoms with E-state index in [0.29, 0.717) is 6.54 Å². The number of hydrogen-bond acceptors (Lipinski definition) is 4. The molecule has 74 valence electrons. The highest BCUT2D eigenvalue weighted by molar-refractivity contribution is 7.11. The molecule has 0 aliphatic carbocycles. The van der Waals surface area contributed by atoms with E-state index in [1.807, 2.05) is 13.1 Å². The smallest absolute Gasteiger partial charge is 0.122 e. The Morgan fingerprint density at radius 3 is 2.85 bits per heavy atom. The van der Waals surface area contributed by atoms with Gasteiger partial charge in [0.25, 0.3) is 0 Å². The molecule has 0 aliphatic rings. The number of rotatable bonds is 5. The molecule has 0 saturated heterocycles. The summed E-state index contributed by atoms with van der Waals surface area (Å²) in [7, 11) is 0. The predicted octanol–water partition coefficient (Wildman–Crippen LogP) is 2.09. The summed E-state index contributed by atoms with van der Waals surface area (Å²) in [5, 5.41) is 1.05. The SMILES string of the molecule is CCOC(CC)c1ncc(CN)s1. The molecule has 2 N–H and O–H groups in total. The lowest BCUT2D eigenvalue weighted by Crippen LogP contribution is -2.01. The van der Waals surface area contributed by atoms with Gasteiger partial charge >= 0.3 is 0 Å². The molecule has 1 aromatic heterocycles. The summed E-state index contributed by atoms with van der Waals surface area (Å²) in [6.45, 7) is 5.40. The lowest BCUT2D eigenvalue weighted by molar-refractivity contribution is 0.0596. The van der Waals surface area contributed by atoms with E-state index in [0.717, 1.165) is 22.9 Å². The van der Waals surface area contributed by atoms with Gasteiger partial charge in [-0.15, -0.1) is 11.3 Å². The normalized spacial score (nSPS) is 13.2. The molecule has 0 spiro atoms. The summed E-state index contributed by atoms with van der Waals surface area (Å²) < 4.78 is 5.54. The topological polar surface area (TPSA) is 48.1 Å². The van der Waals surface area contributed by atoms with E-state index in [1.54, 1.807) is 11.3 Å². The highest BCUT2D eigenvalue weighted by atomic mass is 32.1. The van der Waals surface area contributed by atoms with Crippen LogP contribution in [0, 0.1) is 0 Å². The number of hydrogen-bond donors (Lipinski definition) is 1. The number of nitrogens with zero attached hydrogens (tertiary/aromatic N) is 1. The largest absolute Gasteiger partial charge is 0.371 e. The number of thiazole rings is 1. The lowest BCUT2D eigenvalue weighted by Gasteiger charge is -2.10. The second kappa shape index (κ2) is 5.32. The minimum Gasteiger partial charge on any atom is -0.371 e. The molecule has 1 heterocycles. The molecule has 0 amide bonds. The highest BCUT2D eigenvalue weighted by Gasteiger charge is 2.12. The minimum absolute atomic E-state index is 0.148. The van der Waals surface area contributed by atoms with Crippen molar-refractivity contribution in [2.45, 2.75) is 32.9 Å². The fraction of sp³-hybridized carbons (Fsp3) is 0.667. The molecule has 1 unspecified atom stereocenters. The van der Waals surface area contributed by atoms with Crippen molar-refractivity contribution in [1.29, 1.82) is 0 Å². The molecule has 0 aromatic carbocycles. The van der Waals surface area contributed by atoms with Crippen molar-refractivity contribution in [3.8, 4) is 0 Å². The van der Waals surface area contributed by atoms with Gasteiger partial charge in [0.05, 0.1) is 0 Å². The molecule has 0 bridgehead atoms. The van der Waals surface area contributed by atoms with Crippen molar-refractivity contribution >= 4 is 11.3 Å². The van der Waals surface area contributed by atoms with E-state index >= 15 is 0 Å². The van der Waals surface area contributed by atoms with Crippen molar-refractivity contribution in [3.63, 3.8) is 0 Å². The van der Waals surface area contributed by atoms with Gasteiger partial charge in [0.1, 0.15) is 11.1 Å². The monoisotopic (exact) mass is 200 g/mol. The molecule has 0 saturated carbocycles. The van der Waals surface area contributed by atoms with Crippen LogP contribution in [0.3, 0.4) is 0 Å². The molecule has 0 aliphatic heterocycles. The van der Waals surface area contributed by atoms with Crippen molar-refractivity contribution in [2.75, 3.05) is 6.61 Å². The third-order valence-corrected chi connectivity index (χ3v) is 2.90. The molecule has 3 nitrogen and oxygen atoms in total. The average Bonchev–Trinajstić information content (AvgIpc) is 2.62. The molecule has 1 rings (SSSR count). The van der Waals surface area contributed by atoms with Gasteiger partial charge in [-0.25, -0.2) is 4.98 Å². The quantitative estimate of drug-likeness (QED) is 0.791. The lowest BCUT2D eigenvalue weighted by atomic mass is 10.3. The molecule has 1 aromatic rings. The number of ether oxygens (including phenoxy) is 1. The number of nitrogens with two attached hydrogens (primary N) is 1. The van der Waals surface area contributed by atoms with E-state index in [4.69, 9.17) is 10.5 Å². The van der Waals surface area contributed by atoms with E-state index in [1.165, 1.54) is 0 Å². The van der Waals surface area contributed by atoms with Gasteiger partial charge in [-0.3, -0.25) is 0 Å². The van der Waals surface area contributed by atoms with Crippen LogP contribution in [0.4, 0.5) is 0 Å². The summed E-state index contributed by atoms with van der Waals surface area (Å²) in [6, 6.07) is 0. The van der Waals surface area contributed by atoms with Crippen LogP contribution in [-0.2, 0) is 11.3 Å². The third kappa shape index (κ3) is 2.76. The maximum absolute atomic E-state index is 5.54. The average molecular weight is 200 g/mol. The van der Waals surface area contributed by atoms with Crippen molar-refractivity contribution in [2.24, 2.45) is 5.73 Å². The van der Waals surface area contributed by atoms with E-state index in [-0.39, 0.29) is 6.10 Å². The zero-order valence-corrected chi connectivity index (χ0v) is 8.93. The minimum atomic E-state index is 0.148. The summed E-state index contributed by atoms with van der Waals surface area (Å²) in [6.07, 6.45) is 2.95. The van der Waals surface area contributed by atoms with Gasteiger partial charge in [0, 0.05) is 24.2 Å². The van der Waals surface area contributed by atoms with Crippen LogP contribution >= 0.6 is 11.3 Å². The van der Waals surface area contributed by atoms with E-state index in [2.05, 4.69) is 11.9 Å². The van der Waals surface area contributed by atoms with Gasteiger partial charge in [-0.05, 0) is 13.3 Å². The van der Waals surface area contributed by atoms with E-state index in [9.17, 15) is 0 Å². The maximum Gasteiger partial charge on any atom is 0.122 e. The van der Waals surface area contributed by atoms with Crippen molar-refractivity contribution in [1.82, 2.24) is 4.98 Å². The Hall–Kier alpha value is -0.450. The van der Waals surface area contributed by atoms with Crippen molar-refractivity contribution in [3.05, 3.63) is 16.1 Å². The summed E-state index contributed by atoms with van der Waals surface area (Å²) in [5.41, 5.74) is 5.51. The van der Waals surface area contributed by atoms with Gasteiger partial charge in [-0.1, -0.05) is 6.92 Å². The fourth-order valence-corrected chi connectivity index (χ4v) is 2.06. The summed E-state index contributed by atoms with van der Waals surface area (Å²) >= 11 is 1.64. The van der Waals surface area contributed by atoms with Crippen LogP contribution in [0.1, 0.15) is 36.3 Å². The fourth-order valence-electron chi connectivity index (χ4n) is 1.13. The molecule has 4 heteroatoms. The molecule has 0 radical (unpaired) electrons. The van der Waals surface area contributed by atoms with Crippen LogP contribution in [-0.4, -0.2) is 11.6 Å². The molecule has 1 atom stereocenters. The Morgan fingerprint density at radius 1 is 1.62 bits per heavy atom. The van der Waals surface area contributed by atoms with Crippen molar-refractivity contribution < 1.29 is 4.74 Å². The summed E-state index contributed by atoms with van der Waals surface area (Å²) in [4.78, 5) is 5.41. The standard InChI is InChI=1S/C9H16N2OS/c1-3-8(12-4-2)9-11-6-7(5-10)13-9/h6,8H,3-5,10H2,1-2H3. The highest BCUT2D eigenvalue weighted by Crippen LogP contribution is 2.25. The second-order valence-electron chi connectivity index (χ2n) is 2.72. The predicted molar refractivity (Wildman–Crippen MR) is 54.7 cm³/mol. The van der Waals surface area contributed by atoms with Crippen LogP contribution in [0.2, 0.25) is 0 Å². The zero-order chi connectivity index (χ0) is 9.68. The van der Waals surface area contributed by atoms with Gasteiger partial charge < -0.3 is 10.5 Å². The Balaban J connectivity index is 2.67. The second-order valence-corrected chi connectivity index (χ2v) is 3.87. The number of aromatic nitrogens is 1. The van der Waals surface area contributed by atoms with Gasteiger partial charge in [-0.2, -0.15) is 0 Å². The molecular weight excluding hydrogens is 184 g/mol. The Morgan fingerprint density at radius 2 is 2.38 bits per heavy atom. The van der Waals surface area contributed by atoms with E-state index < -0.39 is 0 Å². The van der Waals surface area contributed by atoms with Gasteiger partial charge in [0.15, 0.2) is 0 Å². The maximum atomic E-state index is 5.54. The first-order chi connectivity index (χ1) is 6.31. The molecular formula is C9H16N2OS. The Labute approximate surface area is 82.9 Å². The first kappa shape index (κ1) is 10.6. The first-order valence-corrected chi connectivity index (χ1v) is 5.39.